The lowest BCUT2D eigenvalue weighted by Gasteiger charge is -2.04. The molecule has 0 spiro atoms. The number of nitrogen functional groups attached to an aromatic ring is 1. The van der Waals surface area contributed by atoms with E-state index >= 15 is 0 Å². The molecule has 72 valence electrons. The van der Waals surface area contributed by atoms with Crippen molar-refractivity contribution in [2.45, 2.75) is 0 Å². The second-order valence-corrected chi connectivity index (χ2v) is 2.87. The molecule has 1 heterocycles. The van der Waals surface area contributed by atoms with Crippen LogP contribution in [0.15, 0.2) is 24.7 Å². The van der Waals surface area contributed by atoms with Gasteiger partial charge < -0.3 is 21.3 Å². The number of hydrogen-bond acceptors (Lipinski definition) is 4. The maximum absolute atomic E-state index is 11.3. The molecule has 1 aromatic heterocycles. The second kappa shape index (κ2) is 2.63. The van der Waals surface area contributed by atoms with Gasteiger partial charge in [-0.05, 0) is 12.1 Å². The standard InChI is InChI=1S/C8H7N3O3/c9-6-1-2-7(12)8-5(6)3-10(13)4-11(8)14/h1-4,12H,9H2. The van der Waals surface area contributed by atoms with Crippen LogP contribution in [0.25, 0.3) is 10.9 Å². The molecule has 0 aliphatic carbocycles. The van der Waals surface area contributed by atoms with Crippen LogP contribution in [-0.2, 0) is 0 Å². The van der Waals surface area contributed by atoms with Crippen LogP contribution in [0.5, 0.6) is 5.75 Å². The van der Waals surface area contributed by atoms with Crippen molar-refractivity contribution < 1.29 is 14.6 Å². The van der Waals surface area contributed by atoms with Gasteiger partial charge >= 0.3 is 6.33 Å². The molecule has 2 aromatic rings. The summed E-state index contributed by atoms with van der Waals surface area (Å²) in [4.78, 5) is 0. The number of anilines is 1. The van der Waals surface area contributed by atoms with E-state index in [9.17, 15) is 15.5 Å². The first-order valence-electron chi connectivity index (χ1n) is 3.82. The molecular weight excluding hydrogens is 186 g/mol. The molecule has 0 bridgehead atoms. The Balaban J connectivity index is 3.00. The fourth-order valence-corrected chi connectivity index (χ4v) is 1.30. The summed E-state index contributed by atoms with van der Waals surface area (Å²) < 4.78 is 0.624. The number of hydrogen-bond donors (Lipinski definition) is 2. The van der Waals surface area contributed by atoms with Gasteiger partial charge in [-0.2, -0.15) is 0 Å². The lowest BCUT2D eigenvalue weighted by Crippen LogP contribution is -2.40. The Morgan fingerprint density at radius 2 is 2.00 bits per heavy atom. The quantitative estimate of drug-likeness (QED) is 0.252. The van der Waals surface area contributed by atoms with Gasteiger partial charge in [0, 0.05) is 0 Å². The topological polar surface area (TPSA) is 100 Å². The zero-order valence-corrected chi connectivity index (χ0v) is 7.04. The minimum Gasteiger partial charge on any atom is -0.614 e. The number of aromatic nitrogens is 2. The third kappa shape index (κ3) is 1.05. The average molecular weight is 193 g/mol. The summed E-state index contributed by atoms with van der Waals surface area (Å²) in [5, 5.41) is 31.8. The Morgan fingerprint density at radius 1 is 1.29 bits per heavy atom. The Labute approximate surface area is 78.6 Å². The van der Waals surface area contributed by atoms with E-state index < -0.39 is 0 Å². The molecule has 14 heavy (non-hydrogen) atoms. The molecule has 0 radical (unpaired) electrons. The van der Waals surface area contributed by atoms with Gasteiger partial charge in [0.2, 0.25) is 6.20 Å². The number of benzene rings is 1. The average Bonchev–Trinajstić information content (AvgIpc) is 2.10. The number of nitrogens with zero attached hydrogens (tertiary/aromatic N) is 2. The molecule has 0 saturated heterocycles. The van der Waals surface area contributed by atoms with Gasteiger partial charge in [0.25, 0.3) is 5.52 Å². The first-order chi connectivity index (χ1) is 6.59. The highest BCUT2D eigenvalue weighted by molar-refractivity contribution is 5.90. The summed E-state index contributed by atoms with van der Waals surface area (Å²) in [5.41, 5.74) is 5.82. The van der Waals surface area contributed by atoms with Gasteiger partial charge in [0.05, 0.1) is 5.69 Å². The van der Waals surface area contributed by atoms with Crippen molar-refractivity contribution in [2.75, 3.05) is 5.73 Å². The number of nitrogens with two attached hydrogens (primary N) is 1. The third-order valence-corrected chi connectivity index (χ3v) is 1.92. The van der Waals surface area contributed by atoms with Crippen LogP contribution >= 0.6 is 0 Å². The maximum atomic E-state index is 11.3. The van der Waals surface area contributed by atoms with E-state index in [1.165, 1.54) is 12.1 Å². The maximum Gasteiger partial charge on any atom is 0.430 e. The molecule has 0 fully saturated rings. The largest absolute Gasteiger partial charge is 0.614 e. The molecule has 0 aliphatic rings. The fourth-order valence-electron chi connectivity index (χ4n) is 1.30. The Hall–Kier alpha value is -2.24. The van der Waals surface area contributed by atoms with Crippen LogP contribution in [0.2, 0.25) is 0 Å². The number of phenols is 1. The van der Waals surface area contributed by atoms with Gasteiger partial charge in [-0.3, -0.25) is 0 Å². The Kier molecular flexibility index (Phi) is 1.57. The van der Waals surface area contributed by atoms with E-state index in [2.05, 4.69) is 0 Å². The van der Waals surface area contributed by atoms with Crippen LogP contribution in [0.4, 0.5) is 5.69 Å². The molecule has 2 rings (SSSR count). The predicted molar refractivity (Wildman–Crippen MR) is 47.9 cm³/mol. The van der Waals surface area contributed by atoms with Crippen molar-refractivity contribution in [2.24, 2.45) is 0 Å². The third-order valence-electron chi connectivity index (χ3n) is 1.92. The zero-order chi connectivity index (χ0) is 10.3. The summed E-state index contributed by atoms with van der Waals surface area (Å²) >= 11 is 0. The van der Waals surface area contributed by atoms with Crippen molar-refractivity contribution in [3.8, 4) is 5.75 Å². The molecule has 0 amide bonds. The van der Waals surface area contributed by atoms with E-state index in [0.717, 1.165) is 12.5 Å². The van der Waals surface area contributed by atoms with Crippen molar-refractivity contribution in [1.82, 2.24) is 0 Å². The van der Waals surface area contributed by atoms with Crippen LogP contribution in [0, 0.1) is 10.4 Å². The van der Waals surface area contributed by atoms with E-state index in [1.807, 2.05) is 0 Å². The highest BCUT2D eigenvalue weighted by Gasteiger charge is 2.16. The molecule has 0 atom stereocenters. The SMILES string of the molecule is Nc1ccc(O)c2c1c[n+]([O-])c[n+]2[O-]. The molecule has 0 aliphatic heterocycles. The molecule has 6 nitrogen and oxygen atoms in total. The Bertz CT molecular complexity index is 513. The van der Waals surface area contributed by atoms with Gasteiger partial charge in [0.15, 0.2) is 5.75 Å². The van der Waals surface area contributed by atoms with Gasteiger partial charge in [-0.15, -0.1) is 9.46 Å². The summed E-state index contributed by atoms with van der Waals surface area (Å²) in [7, 11) is 0. The van der Waals surface area contributed by atoms with E-state index in [1.54, 1.807) is 0 Å². The van der Waals surface area contributed by atoms with Crippen LogP contribution in [0.3, 0.4) is 0 Å². The molecule has 3 N–H and O–H groups in total. The van der Waals surface area contributed by atoms with Gasteiger partial charge in [-0.25, -0.2) is 0 Å². The number of rotatable bonds is 0. The lowest BCUT2D eigenvalue weighted by atomic mass is 10.2. The first-order valence-corrected chi connectivity index (χ1v) is 3.82. The van der Waals surface area contributed by atoms with Crippen LogP contribution in [-0.4, -0.2) is 5.11 Å². The van der Waals surface area contributed by atoms with Crippen molar-refractivity contribution >= 4 is 16.6 Å². The Morgan fingerprint density at radius 3 is 2.71 bits per heavy atom. The van der Waals surface area contributed by atoms with E-state index in [4.69, 9.17) is 5.73 Å². The molecular formula is C8H7N3O3. The van der Waals surface area contributed by atoms with Gasteiger partial charge in [0.1, 0.15) is 5.39 Å². The van der Waals surface area contributed by atoms with Crippen molar-refractivity contribution in [3.63, 3.8) is 0 Å². The second-order valence-electron chi connectivity index (χ2n) is 2.87. The minimum absolute atomic E-state index is 0.00269. The monoisotopic (exact) mass is 193 g/mol. The molecule has 1 aromatic carbocycles. The normalized spacial score (nSPS) is 10.6. The minimum atomic E-state index is -0.204. The lowest BCUT2D eigenvalue weighted by molar-refractivity contribution is -0.730. The van der Waals surface area contributed by atoms with E-state index in [-0.39, 0.29) is 27.1 Å². The van der Waals surface area contributed by atoms with Gasteiger partial charge in [-0.1, -0.05) is 0 Å². The predicted octanol–water partition coefficient (Wildman–Crippen LogP) is -0.606. The van der Waals surface area contributed by atoms with Crippen molar-refractivity contribution in [3.05, 3.63) is 35.1 Å². The summed E-state index contributed by atoms with van der Waals surface area (Å²) in [5.74, 6) is -0.204. The fraction of sp³-hybridized carbons (Fsp3) is 0. The summed E-state index contributed by atoms with van der Waals surface area (Å²) in [6.07, 6.45) is 1.90. The van der Waals surface area contributed by atoms with Crippen LogP contribution < -0.4 is 15.2 Å². The highest BCUT2D eigenvalue weighted by atomic mass is 16.5. The summed E-state index contributed by atoms with van der Waals surface area (Å²) in [6.45, 7) is 0. The van der Waals surface area contributed by atoms with E-state index in [0.29, 0.717) is 4.73 Å². The smallest absolute Gasteiger partial charge is 0.430 e. The summed E-state index contributed by atoms with van der Waals surface area (Å²) in [6, 6.07) is 2.73. The molecule has 0 unspecified atom stereocenters. The number of phenolic OH excluding ortho intramolecular Hbond substituents is 1. The van der Waals surface area contributed by atoms with Crippen molar-refractivity contribution in [1.29, 1.82) is 0 Å². The first kappa shape index (κ1) is 8.36. The number of fused-ring (bicyclic) bond motifs is 1. The zero-order valence-electron chi connectivity index (χ0n) is 7.04. The number of aromatic hydroxyl groups is 1. The molecule has 0 saturated carbocycles. The van der Waals surface area contributed by atoms with Crippen LogP contribution in [0.1, 0.15) is 0 Å². The highest BCUT2D eigenvalue weighted by Crippen LogP contribution is 2.24. The molecule has 6 heteroatoms.